The highest BCUT2D eigenvalue weighted by Crippen LogP contribution is 2.49. The maximum Gasteiger partial charge on any atom is 0.416 e. The average molecular weight is 353 g/mol. The van der Waals surface area contributed by atoms with Crippen LogP contribution in [-0.4, -0.2) is 24.1 Å². The van der Waals surface area contributed by atoms with Crippen LogP contribution in [0.3, 0.4) is 0 Å². The maximum absolute atomic E-state index is 14.1. The molecule has 0 aromatic heterocycles. The molecule has 0 heterocycles. The Morgan fingerprint density at radius 3 is 2.36 bits per heavy atom. The fourth-order valence-corrected chi connectivity index (χ4v) is 3.68. The van der Waals surface area contributed by atoms with Gasteiger partial charge in [-0.3, -0.25) is 0 Å². The van der Waals surface area contributed by atoms with Gasteiger partial charge in [0, 0.05) is 17.5 Å². The molecule has 0 spiro atoms. The van der Waals surface area contributed by atoms with Gasteiger partial charge in [-0.05, 0) is 55.4 Å². The van der Waals surface area contributed by atoms with Crippen molar-refractivity contribution in [2.45, 2.75) is 31.2 Å². The Morgan fingerprint density at radius 1 is 1.08 bits per heavy atom. The van der Waals surface area contributed by atoms with Crippen molar-refractivity contribution in [1.82, 2.24) is 4.90 Å². The fourth-order valence-electron chi connectivity index (χ4n) is 3.68. The molecule has 2 nitrogen and oxygen atoms in total. The number of halogens is 4. The molecule has 0 amide bonds. The molecular formula is C19H19F4NO. The minimum atomic E-state index is -4.45. The second-order valence-corrected chi connectivity index (χ2v) is 6.58. The fraction of sp³-hybridized carbons (Fsp3) is 0.368. The second kappa shape index (κ2) is 6.42. The number of rotatable bonds is 3. The molecule has 2 atom stereocenters. The lowest BCUT2D eigenvalue weighted by atomic mass is 9.88. The molecule has 1 N–H and O–H groups in total. The van der Waals surface area contributed by atoms with Crippen molar-refractivity contribution in [2.24, 2.45) is 0 Å². The van der Waals surface area contributed by atoms with Gasteiger partial charge in [0.05, 0.1) is 12.2 Å². The first kappa shape index (κ1) is 17.9. The van der Waals surface area contributed by atoms with Crippen molar-refractivity contribution < 1.29 is 22.7 Å². The number of aliphatic hydroxyl groups excluding tert-OH is 1. The summed E-state index contributed by atoms with van der Waals surface area (Å²) in [5.74, 6) is -1.02. The van der Waals surface area contributed by atoms with E-state index in [4.69, 9.17) is 0 Å². The molecule has 0 unspecified atom stereocenters. The van der Waals surface area contributed by atoms with E-state index in [0.29, 0.717) is 17.5 Å². The van der Waals surface area contributed by atoms with Gasteiger partial charge in [0.1, 0.15) is 5.82 Å². The molecule has 0 aliphatic heterocycles. The van der Waals surface area contributed by atoms with E-state index in [2.05, 4.69) is 0 Å². The van der Waals surface area contributed by atoms with Crippen LogP contribution in [0.2, 0.25) is 0 Å². The Balaban J connectivity index is 2.18. The molecule has 6 heteroatoms. The van der Waals surface area contributed by atoms with Crippen LogP contribution in [0.5, 0.6) is 0 Å². The summed E-state index contributed by atoms with van der Waals surface area (Å²) in [5.41, 5.74) is 0.964. The number of benzene rings is 2. The Labute approximate surface area is 143 Å². The molecule has 3 rings (SSSR count). The maximum atomic E-state index is 14.1. The largest absolute Gasteiger partial charge is 0.416 e. The summed E-state index contributed by atoms with van der Waals surface area (Å²) in [6.07, 6.45) is -4.02. The molecule has 2 aromatic carbocycles. The molecule has 0 saturated heterocycles. The van der Waals surface area contributed by atoms with E-state index in [1.807, 2.05) is 19.0 Å². The van der Waals surface area contributed by atoms with Crippen molar-refractivity contribution in [3.63, 3.8) is 0 Å². The summed E-state index contributed by atoms with van der Waals surface area (Å²) < 4.78 is 54.4. The van der Waals surface area contributed by atoms with Gasteiger partial charge in [-0.2, -0.15) is 13.2 Å². The van der Waals surface area contributed by atoms with E-state index in [0.717, 1.165) is 6.07 Å². The smallest absolute Gasteiger partial charge is 0.392 e. The van der Waals surface area contributed by atoms with E-state index in [9.17, 15) is 22.7 Å². The zero-order chi connectivity index (χ0) is 18.4. The monoisotopic (exact) mass is 353 g/mol. The number of hydrogen-bond donors (Lipinski definition) is 1. The zero-order valence-corrected chi connectivity index (χ0v) is 13.9. The van der Waals surface area contributed by atoms with Crippen molar-refractivity contribution >= 4 is 0 Å². The number of nitrogens with zero attached hydrogens (tertiary/aromatic N) is 1. The van der Waals surface area contributed by atoms with Crippen LogP contribution in [0, 0.1) is 5.82 Å². The van der Waals surface area contributed by atoms with Gasteiger partial charge in [0.2, 0.25) is 0 Å². The van der Waals surface area contributed by atoms with Crippen LogP contribution < -0.4 is 0 Å². The Kier molecular flexibility index (Phi) is 4.60. The molecule has 0 bridgehead atoms. The summed E-state index contributed by atoms with van der Waals surface area (Å²) in [4.78, 5) is 1.88. The van der Waals surface area contributed by atoms with Gasteiger partial charge in [-0.1, -0.05) is 18.2 Å². The van der Waals surface area contributed by atoms with Crippen LogP contribution in [0.4, 0.5) is 17.6 Å². The van der Waals surface area contributed by atoms with Crippen LogP contribution in [-0.2, 0) is 12.8 Å². The van der Waals surface area contributed by atoms with E-state index in [-0.39, 0.29) is 17.2 Å². The minimum Gasteiger partial charge on any atom is -0.392 e. The molecule has 1 aliphatic carbocycles. The van der Waals surface area contributed by atoms with Crippen molar-refractivity contribution in [3.8, 4) is 0 Å². The van der Waals surface area contributed by atoms with Crippen molar-refractivity contribution in [2.75, 3.05) is 14.1 Å². The highest BCUT2D eigenvalue weighted by atomic mass is 19.4. The molecule has 0 radical (unpaired) electrons. The lowest BCUT2D eigenvalue weighted by Crippen LogP contribution is -2.18. The molecule has 2 aromatic rings. The topological polar surface area (TPSA) is 23.5 Å². The van der Waals surface area contributed by atoms with Gasteiger partial charge in [-0.15, -0.1) is 0 Å². The Hall–Kier alpha value is -1.92. The summed E-state index contributed by atoms with van der Waals surface area (Å²) in [5, 5.41) is 9.34. The first-order valence-electron chi connectivity index (χ1n) is 7.99. The molecule has 25 heavy (non-hydrogen) atoms. The van der Waals surface area contributed by atoms with E-state index < -0.39 is 30.1 Å². The van der Waals surface area contributed by atoms with E-state index >= 15 is 0 Å². The van der Waals surface area contributed by atoms with E-state index in [1.54, 1.807) is 6.07 Å². The quantitative estimate of drug-likeness (QED) is 0.823. The van der Waals surface area contributed by atoms with Crippen LogP contribution in [0.15, 0.2) is 36.4 Å². The third kappa shape index (κ3) is 3.16. The summed E-state index contributed by atoms with van der Waals surface area (Å²) >= 11 is 0. The first-order valence-corrected chi connectivity index (χ1v) is 7.99. The molecule has 1 aliphatic rings. The third-order valence-corrected chi connectivity index (χ3v) is 4.88. The van der Waals surface area contributed by atoms with Gasteiger partial charge >= 0.3 is 6.18 Å². The summed E-state index contributed by atoms with van der Waals surface area (Å²) in [6, 6.07) is 8.20. The van der Waals surface area contributed by atoms with Gasteiger partial charge < -0.3 is 10.0 Å². The van der Waals surface area contributed by atoms with Crippen molar-refractivity contribution in [1.29, 1.82) is 0 Å². The Bertz CT molecular complexity index is 785. The number of hydrogen-bond acceptors (Lipinski definition) is 2. The van der Waals surface area contributed by atoms with E-state index in [1.165, 1.54) is 24.3 Å². The van der Waals surface area contributed by atoms with Crippen LogP contribution in [0.1, 0.15) is 46.2 Å². The summed E-state index contributed by atoms with van der Waals surface area (Å²) in [7, 11) is 3.65. The predicted molar refractivity (Wildman–Crippen MR) is 86.7 cm³/mol. The van der Waals surface area contributed by atoms with Crippen LogP contribution >= 0.6 is 0 Å². The van der Waals surface area contributed by atoms with Gasteiger partial charge in [-0.25, -0.2) is 4.39 Å². The predicted octanol–water partition coefficient (Wildman–Crippen LogP) is 4.48. The number of aliphatic hydroxyl groups is 1. The highest BCUT2D eigenvalue weighted by Gasteiger charge is 2.40. The number of fused-ring (bicyclic) bond motifs is 1. The second-order valence-electron chi connectivity index (χ2n) is 6.58. The average Bonchev–Trinajstić information content (AvgIpc) is 2.91. The summed E-state index contributed by atoms with van der Waals surface area (Å²) in [6.45, 7) is -0.487. The standard InChI is InChI=1S/C19H19F4NO/c1-24(2)18-9-14(12-5-3-4-6-16(12)19(21,22)23)13-7-11(10-25)17(20)8-15(13)18/h3-8,14,18,25H,9-10H2,1-2H3/t14-,18+/m1/s1. The molecule has 134 valence electrons. The number of alkyl halides is 3. The van der Waals surface area contributed by atoms with Crippen molar-refractivity contribution in [3.05, 3.63) is 70.0 Å². The molecule has 0 saturated carbocycles. The normalized spacial score (nSPS) is 20.2. The molecule has 0 fully saturated rings. The zero-order valence-electron chi connectivity index (χ0n) is 13.9. The lowest BCUT2D eigenvalue weighted by molar-refractivity contribution is -0.138. The highest BCUT2D eigenvalue weighted by molar-refractivity contribution is 5.49. The van der Waals surface area contributed by atoms with Gasteiger partial charge in [0.15, 0.2) is 0 Å². The third-order valence-electron chi connectivity index (χ3n) is 4.88. The lowest BCUT2D eigenvalue weighted by Gasteiger charge is -2.21. The molecular weight excluding hydrogens is 334 g/mol. The minimum absolute atomic E-state index is 0.104. The SMILES string of the molecule is CN(C)[C@H]1C[C@H](c2ccccc2C(F)(F)F)c2cc(CO)c(F)cc21. The Morgan fingerprint density at radius 2 is 1.76 bits per heavy atom. The first-order chi connectivity index (χ1) is 11.7. The van der Waals surface area contributed by atoms with Crippen LogP contribution in [0.25, 0.3) is 0 Å². The van der Waals surface area contributed by atoms with Gasteiger partial charge in [0.25, 0.3) is 0 Å².